The molecule has 0 amide bonds. The molecule has 2 aromatic rings. The molecule has 2 rings (SSSR count). The largest absolute Gasteiger partial charge is 0.477 e. The molecule has 0 bridgehead atoms. The van der Waals surface area contributed by atoms with E-state index in [9.17, 15) is 4.79 Å². The lowest BCUT2D eigenvalue weighted by Crippen LogP contribution is -2.01. The number of carboxylic acid groups (broad SMARTS) is 1. The average Bonchev–Trinajstić information content (AvgIpc) is 2.38. The third-order valence-corrected chi connectivity index (χ3v) is 3.00. The predicted molar refractivity (Wildman–Crippen MR) is 65.0 cm³/mol. The Balaban J connectivity index is 2.04. The Morgan fingerprint density at radius 3 is 2.71 bits per heavy atom. The summed E-state index contributed by atoms with van der Waals surface area (Å²) in [5.41, 5.74) is 1.18. The highest BCUT2D eigenvalue weighted by Gasteiger charge is 2.06. The summed E-state index contributed by atoms with van der Waals surface area (Å²) in [6.45, 7) is 0. The molecule has 4 nitrogen and oxygen atoms in total. The first kappa shape index (κ1) is 11.6. The highest BCUT2D eigenvalue weighted by atomic mass is 32.2. The molecule has 5 heteroatoms. The molecule has 0 unspecified atom stereocenters. The monoisotopic (exact) mass is 246 g/mol. The van der Waals surface area contributed by atoms with Crippen LogP contribution < -0.4 is 0 Å². The van der Waals surface area contributed by atoms with Gasteiger partial charge in [0.25, 0.3) is 0 Å². The van der Waals surface area contributed by atoms with E-state index < -0.39 is 5.97 Å². The van der Waals surface area contributed by atoms with E-state index in [4.69, 9.17) is 5.11 Å². The fraction of sp³-hybridized carbons (Fsp3) is 0.0833. The molecule has 0 aliphatic carbocycles. The molecule has 0 atom stereocenters. The minimum absolute atomic E-state index is 0.0237. The first-order valence-corrected chi connectivity index (χ1v) is 5.97. The molecule has 0 saturated carbocycles. The molecule has 1 aromatic carbocycles. The Morgan fingerprint density at radius 1 is 1.24 bits per heavy atom. The van der Waals surface area contributed by atoms with E-state index >= 15 is 0 Å². The van der Waals surface area contributed by atoms with Gasteiger partial charge in [-0.05, 0) is 11.6 Å². The predicted octanol–water partition coefficient (Wildman–Crippen LogP) is 2.47. The summed E-state index contributed by atoms with van der Waals surface area (Å²) < 4.78 is 0. The van der Waals surface area contributed by atoms with Crippen molar-refractivity contribution in [1.82, 2.24) is 9.97 Å². The molecule has 0 radical (unpaired) electrons. The Morgan fingerprint density at radius 2 is 2.00 bits per heavy atom. The summed E-state index contributed by atoms with van der Waals surface area (Å²) >= 11 is 1.42. The maximum absolute atomic E-state index is 10.7. The van der Waals surface area contributed by atoms with Gasteiger partial charge < -0.3 is 5.11 Å². The van der Waals surface area contributed by atoms with Gasteiger partial charge in [0.15, 0.2) is 10.9 Å². The molecule has 0 aliphatic heterocycles. The zero-order chi connectivity index (χ0) is 12.1. The normalized spacial score (nSPS) is 10.1. The number of hydrogen-bond donors (Lipinski definition) is 1. The van der Waals surface area contributed by atoms with Gasteiger partial charge in [-0.1, -0.05) is 42.1 Å². The number of thioether (sulfide) groups is 1. The zero-order valence-electron chi connectivity index (χ0n) is 8.91. The minimum Gasteiger partial charge on any atom is -0.477 e. The number of carboxylic acids is 1. The summed E-state index contributed by atoms with van der Waals surface area (Å²) in [5.74, 6) is -0.307. The Kier molecular flexibility index (Phi) is 3.72. The molecular formula is C12H10N2O2S. The fourth-order valence-corrected chi connectivity index (χ4v) is 2.04. The number of carbonyl (C=O) groups is 1. The van der Waals surface area contributed by atoms with Crippen molar-refractivity contribution in [3.8, 4) is 0 Å². The van der Waals surface area contributed by atoms with Crippen LogP contribution in [0.5, 0.6) is 0 Å². The zero-order valence-corrected chi connectivity index (χ0v) is 9.72. The first-order chi connectivity index (χ1) is 8.25. The summed E-state index contributed by atoms with van der Waals surface area (Å²) in [7, 11) is 0. The van der Waals surface area contributed by atoms with Crippen LogP contribution >= 0.6 is 11.8 Å². The second-order valence-electron chi connectivity index (χ2n) is 3.30. The molecule has 1 heterocycles. The van der Waals surface area contributed by atoms with Crippen molar-refractivity contribution in [2.75, 3.05) is 0 Å². The van der Waals surface area contributed by atoms with E-state index in [2.05, 4.69) is 9.97 Å². The summed E-state index contributed by atoms with van der Waals surface area (Å²) in [6.07, 6.45) is 1.46. The van der Waals surface area contributed by atoms with Crippen LogP contribution in [-0.2, 0) is 5.75 Å². The van der Waals surface area contributed by atoms with E-state index in [0.29, 0.717) is 5.16 Å². The third kappa shape index (κ3) is 3.29. The highest BCUT2D eigenvalue weighted by Crippen LogP contribution is 2.18. The third-order valence-electron chi connectivity index (χ3n) is 2.06. The van der Waals surface area contributed by atoms with Crippen LogP contribution in [0.2, 0.25) is 0 Å². The summed E-state index contributed by atoms with van der Waals surface area (Å²) in [4.78, 5) is 18.7. The van der Waals surface area contributed by atoms with Crippen molar-refractivity contribution in [3.63, 3.8) is 0 Å². The SMILES string of the molecule is O=C(O)c1ccnc(SCc2ccccc2)n1. The Bertz CT molecular complexity index is 517. The van der Waals surface area contributed by atoms with Gasteiger partial charge in [-0.3, -0.25) is 0 Å². The number of benzene rings is 1. The number of hydrogen-bond acceptors (Lipinski definition) is 4. The molecule has 0 aliphatic rings. The lowest BCUT2D eigenvalue weighted by molar-refractivity contribution is 0.0689. The summed E-state index contributed by atoms with van der Waals surface area (Å²) in [6, 6.07) is 11.3. The van der Waals surface area contributed by atoms with Crippen molar-refractivity contribution in [2.24, 2.45) is 0 Å². The smallest absolute Gasteiger partial charge is 0.354 e. The van der Waals surface area contributed by atoms with E-state index in [0.717, 1.165) is 11.3 Å². The first-order valence-electron chi connectivity index (χ1n) is 4.99. The van der Waals surface area contributed by atoms with Crippen molar-refractivity contribution < 1.29 is 9.90 Å². The van der Waals surface area contributed by atoms with Gasteiger partial charge in [0.2, 0.25) is 0 Å². The highest BCUT2D eigenvalue weighted by molar-refractivity contribution is 7.98. The Hall–Kier alpha value is -1.88. The molecule has 1 aromatic heterocycles. The van der Waals surface area contributed by atoms with E-state index in [-0.39, 0.29) is 5.69 Å². The molecular weight excluding hydrogens is 236 g/mol. The van der Waals surface area contributed by atoms with Crippen LogP contribution in [0, 0.1) is 0 Å². The lowest BCUT2D eigenvalue weighted by Gasteiger charge is -2.01. The van der Waals surface area contributed by atoms with E-state index in [1.165, 1.54) is 24.0 Å². The maximum atomic E-state index is 10.7. The Labute approximate surface area is 103 Å². The average molecular weight is 246 g/mol. The second kappa shape index (κ2) is 5.45. The minimum atomic E-state index is -1.03. The van der Waals surface area contributed by atoms with Crippen LogP contribution in [0.25, 0.3) is 0 Å². The van der Waals surface area contributed by atoms with Crippen LogP contribution in [0.1, 0.15) is 16.1 Å². The van der Waals surface area contributed by atoms with Crippen LogP contribution in [0.4, 0.5) is 0 Å². The van der Waals surface area contributed by atoms with Gasteiger partial charge in [-0.2, -0.15) is 0 Å². The number of aromatic nitrogens is 2. The van der Waals surface area contributed by atoms with Gasteiger partial charge in [-0.15, -0.1) is 0 Å². The van der Waals surface area contributed by atoms with Gasteiger partial charge in [0, 0.05) is 11.9 Å². The second-order valence-corrected chi connectivity index (χ2v) is 4.25. The fourth-order valence-electron chi connectivity index (χ4n) is 1.25. The topological polar surface area (TPSA) is 63.1 Å². The molecule has 0 spiro atoms. The lowest BCUT2D eigenvalue weighted by atomic mass is 10.2. The van der Waals surface area contributed by atoms with Gasteiger partial charge in [-0.25, -0.2) is 14.8 Å². The van der Waals surface area contributed by atoms with E-state index in [1.54, 1.807) is 0 Å². The van der Waals surface area contributed by atoms with Crippen molar-refractivity contribution in [3.05, 3.63) is 53.9 Å². The number of aromatic carboxylic acids is 1. The van der Waals surface area contributed by atoms with Crippen molar-refractivity contribution >= 4 is 17.7 Å². The molecule has 86 valence electrons. The van der Waals surface area contributed by atoms with Crippen LogP contribution in [0.15, 0.2) is 47.8 Å². The van der Waals surface area contributed by atoms with Gasteiger partial charge in [0.05, 0.1) is 0 Å². The standard InChI is InChI=1S/C12H10N2O2S/c15-11(16)10-6-7-13-12(14-10)17-8-9-4-2-1-3-5-9/h1-7H,8H2,(H,15,16). The van der Waals surface area contributed by atoms with Crippen molar-refractivity contribution in [1.29, 1.82) is 0 Å². The summed E-state index contributed by atoms with van der Waals surface area (Å²) in [5, 5.41) is 9.28. The van der Waals surface area contributed by atoms with Gasteiger partial charge >= 0.3 is 5.97 Å². The number of nitrogens with zero attached hydrogens (tertiary/aromatic N) is 2. The quantitative estimate of drug-likeness (QED) is 0.663. The van der Waals surface area contributed by atoms with Crippen molar-refractivity contribution in [2.45, 2.75) is 10.9 Å². The van der Waals surface area contributed by atoms with E-state index in [1.807, 2.05) is 30.3 Å². The van der Waals surface area contributed by atoms with Crippen LogP contribution in [-0.4, -0.2) is 21.0 Å². The molecule has 0 fully saturated rings. The molecule has 0 saturated heterocycles. The maximum Gasteiger partial charge on any atom is 0.354 e. The molecule has 1 N–H and O–H groups in total. The number of rotatable bonds is 4. The van der Waals surface area contributed by atoms with Crippen LogP contribution in [0.3, 0.4) is 0 Å². The van der Waals surface area contributed by atoms with Gasteiger partial charge in [0.1, 0.15) is 0 Å². The molecule has 17 heavy (non-hydrogen) atoms.